The van der Waals surface area contributed by atoms with Crippen LogP contribution in [0.15, 0.2) is 59.5 Å². The Balaban J connectivity index is 1.93. The number of carboxylic acids is 1. The molecule has 1 fully saturated rings. The number of aliphatic carboxylic acids is 1. The van der Waals surface area contributed by atoms with E-state index in [0.717, 1.165) is 10.5 Å². The van der Waals surface area contributed by atoms with Gasteiger partial charge < -0.3 is 25.2 Å². The van der Waals surface area contributed by atoms with Gasteiger partial charge in [0.05, 0.1) is 24.2 Å². The molecule has 4 amide bonds. The van der Waals surface area contributed by atoms with Gasteiger partial charge in [0.1, 0.15) is 24.4 Å². The first-order valence-corrected chi connectivity index (χ1v) is 17.1. The van der Waals surface area contributed by atoms with Crippen LogP contribution in [-0.2, 0) is 30.8 Å². The van der Waals surface area contributed by atoms with Crippen LogP contribution in [-0.4, -0.2) is 108 Å². The second kappa shape index (κ2) is 16.2. The van der Waals surface area contributed by atoms with E-state index in [1.807, 2.05) is 32.0 Å². The number of rotatable bonds is 17. The highest BCUT2D eigenvalue weighted by Crippen LogP contribution is 2.25. The van der Waals surface area contributed by atoms with E-state index in [2.05, 4.69) is 5.32 Å². The van der Waals surface area contributed by atoms with E-state index in [1.165, 1.54) is 35.7 Å². The highest BCUT2D eigenvalue weighted by Gasteiger charge is 2.48. The third kappa shape index (κ3) is 9.08. The number of carboxylic acid groups (broad SMARTS) is 1. The number of sulfonamides is 1. The summed E-state index contributed by atoms with van der Waals surface area (Å²) >= 11 is 0. The number of nitrogens with one attached hydrogen (secondary N) is 1. The average Bonchev–Trinajstić information content (AvgIpc) is 3.29. The number of aliphatic hydroxyl groups is 1. The van der Waals surface area contributed by atoms with Crippen LogP contribution in [0.1, 0.15) is 46.6 Å². The Kier molecular flexibility index (Phi) is 12.9. The van der Waals surface area contributed by atoms with Gasteiger partial charge in [-0.2, -0.15) is 4.31 Å². The first-order chi connectivity index (χ1) is 22.1. The number of urea groups is 1. The smallest absolute Gasteiger partial charge is 0.328 e. The fourth-order valence-corrected chi connectivity index (χ4v) is 7.28. The lowest BCUT2D eigenvalue weighted by Crippen LogP contribution is -2.57. The maximum absolute atomic E-state index is 13.9. The predicted octanol–water partition coefficient (Wildman–Crippen LogP) is 2.58. The van der Waals surface area contributed by atoms with E-state index in [9.17, 15) is 37.8 Å². The molecule has 1 aliphatic rings. The number of hydrogen-bond acceptors (Lipinski definition) is 8. The minimum atomic E-state index is -4.07. The summed E-state index contributed by atoms with van der Waals surface area (Å²) in [5.74, 6) is -2.83. The number of imide groups is 1. The van der Waals surface area contributed by atoms with Gasteiger partial charge in [-0.15, -0.1) is 0 Å². The largest absolute Gasteiger partial charge is 0.497 e. The Hall–Kier alpha value is -4.01. The van der Waals surface area contributed by atoms with Gasteiger partial charge in [-0.05, 0) is 54.5 Å². The van der Waals surface area contributed by atoms with Crippen molar-refractivity contribution >= 4 is 33.8 Å². The minimum Gasteiger partial charge on any atom is -0.497 e. The average molecular weight is 675 g/mol. The zero-order valence-corrected chi connectivity index (χ0v) is 28.5. The second-order valence-electron chi connectivity index (χ2n) is 12.4. The lowest BCUT2D eigenvalue weighted by atomic mass is 9.97. The number of hydrogen-bond donors (Lipinski definition) is 3. The molecule has 3 N–H and O–H groups in total. The minimum absolute atomic E-state index is 0.00313. The summed E-state index contributed by atoms with van der Waals surface area (Å²) in [5.41, 5.74) is 0.761. The topological polar surface area (TPSA) is 174 Å². The maximum atomic E-state index is 13.9. The van der Waals surface area contributed by atoms with E-state index >= 15 is 0 Å². The molecule has 13 nitrogen and oxygen atoms in total. The van der Waals surface area contributed by atoms with Gasteiger partial charge in [-0.3, -0.25) is 9.59 Å². The monoisotopic (exact) mass is 674 g/mol. The van der Waals surface area contributed by atoms with Crippen LogP contribution in [0, 0.1) is 11.8 Å². The van der Waals surface area contributed by atoms with Crippen LogP contribution in [0.25, 0.3) is 0 Å². The van der Waals surface area contributed by atoms with E-state index in [1.54, 1.807) is 32.9 Å². The molecule has 47 heavy (non-hydrogen) atoms. The number of methoxy groups -OCH3 is 1. The first kappa shape index (κ1) is 37.4. The fourth-order valence-electron chi connectivity index (χ4n) is 5.66. The van der Waals surface area contributed by atoms with Crippen molar-refractivity contribution in [1.82, 2.24) is 19.4 Å². The van der Waals surface area contributed by atoms with Gasteiger partial charge >= 0.3 is 12.0 Å². The van der Waals surface area contributed by atoms with Gasteiger partial charge in [0, 0.05) is 13.1 Å². The van der Waals surface area contributed by atoms with Gasteiger partial charge in [0.2, 0.25) is 15.9 Å². The molecule has 0 saturated carbocycles. The maximum Gasteiger partial charge on any atom is 0.328 e. The van der Waals surface area contributed by atoms with Crippen LogP contribution in [0.4, 0.5) is 4.79 Å². The van der Waals surface area contributed by atoms with Gasteiger partial charge in [-0.1, -0.05) is 65.0 Å². The van der Waals surface area contributed by atoms with E-state index in [-0.39, 0.29) is 36.7 Å². The molecule has 3 rings (SSSR count). The van der Waals surface area contributed by atoms with Crippen LogP contribution >= 0.6 is 0 Å². The standard InChI is InChI=1S/C33H46N4O9S/c1-7-27(32(41)42)37-29(39)20-36(33(37)43)30(22(4)5)31(40)34-26(17-23-11-9-8-10-12-23)28(38)19-35(18-21(2)3)47(44,45)25-15-13-24(46-6)14-16-25/h8-16,21-22,26-28,30,38H,7,17-20H2,1-6H3,(H,34,40)(H,41,42)/t26-,27?,28-,30-/m0/s1. The number of benzene rings is 2. The number of nitrogens with zero attached hydrogens (tertiary/aromatic N) is 3. The van der Waals surface area contributed by atoms with Crippen molar-refractivity contribution in [1.29, 1.82) is 0 Å². The zero-order chi connectivity index (χ0) is 35.1. The lowest BCUT2D eigenvalue weighted by molar-refractivity contribution is -0.146. The zero-order valence-electron chi connectivity index (χ0n) is 27.7. The molecule has 1 heterocycles. The second-order valence-corrected chi connectivity index (χ2v) is 14.3. The highest BCUT2D eigenvalue weighted by molar-refractivity contribution is 7.89. The Morgan fingerprint density at radius 1 is 1.00 bits per heavy atom. The molecule has 1 unspecified atom stereocenters. The van der Waals surface area contributed by atoms with E-state index < -0.39 is 70.5 Å². The van der Waals surface area contributed by atoms with Crippen molar-refractivity contribution in [3.05, 3.63) is 60.2 Å². The number of carbonyl (C=O) groups is 4. The van der Waals surface area contributed by atoms with Crippen molar-refractivity contribution in [2.45, 2.75) is 76.6 Å². The molecule has 0 radical (unpaired) electrons. The third-order valence-corrected chi connectivity index (χ3v) is 9.84. The van der Waals surface area contributed by atoms with E-state index in [0.29, 0.717) is 10.6 Å². The van der Waals surface area contributed by atoms with Crippen LogP contribution in [0.5, 0.6) is 5.75 Å². The lowest BCUT2D eigenvalue weighted by Gasteiger charge is -2.34. The summed E-state index contributed by atoms with van der Waals surface area (Å²) in [4.78, 5) is 53.7. The van der Waals surface area contributed by atoms with Gasteiger partial charge in [0.15, 0.2) is 0 Å². The molecule has 2 aromatic rings. The SMILES string of the molecule is CCC(C(=O)O)N1C(=O)CN([C@H](C(=O)N[C@@H](Cc2ccccc2)[C@@H](O)CN(CC(C)C)S(=O)(=O)c2ccc(OC)cc2)C(C)C)C1=O. The normalized spacial score (nSPS) is 16.5. The summed E-state index contributed by atoms with van der Waals surface area (Å²) in [7, 11) is -2.60. The molecular weight excluding hydrogens is 628 g/mol. The first-order valence-electron chi connectivity index (χ1n) is 15.6. The molecule has 0 aromatic heterocycles. The predicted molar refractivity (Wildman–Crippen MR) is 174 cm³/mol. The Morgan fingerprint density at radius 3 is 2.13 bits per heavy atom. The molecule has 14 heteroatoms. The summed E-state index contributed by atoms with van der Waals surface area (Å²) in [6.07, 6.45) is -1.26. The molecular formula is C33H46N4O9S. The van der Waals surface area contributed by atoms with Gasteiger partial charge in [-0.25, -0.2) is 22.9 Å². The van der Waals surface area contributed by atoms with Crippen LogP contribution in [0.3, 0.4) is 0 Å². The molecule has 1 saturated heterocycles. The van der Waals surface area contributed by atoms with E-state index in [4.69, 9.17) is 4.74 Å². The van der Waals surface area contributed by atoms with Crippen molar-refractivity contribution in [3.8, 4) is 5.75 Å². The summed E-state index contributed by atoms with van der Waals surface area (Å²) in [6.45, 7) is 7.89. The molecule has 0 bridgehead atoms. The van der Waals surface area contributed by atoms with Crippen molar-refractivity contribution < 1.29 is 42.5 Å². The highest BCUT2D eigenvalue weighted by atomic mass is 32.2. The van der Waals surface area contributed by atoms with Crippen molar-refractivity contribution in [3.63, 3.8) is 0 Å². The molecule has 2 aromatic carbocycles. The molecule has 1 aliphatic heterocycles. The summed E-state index contributed by atoms with van der Waals surface area (Å²) in [6, 6.07) is 10.5. The molecule has 258 valence electrons. The Labute approximate surface area is 276 Å². The van der Waals surface area contributed by atoms with Gasteiger partial charge in [0.25, 0.3) is 5.91 Å². The Morgan fingerprint density at radius 2 is 1.62 bits per heavy atom. The molecule has 0 aliphatic carbocycles. The third-order valence-electron chi connectivity index (χ3n) is 7.99. The number of ether oxygens (including phenoxy) is 1. The number of carbonyl (C=O) groups excluding carboxylic acids is 3. The molecule has 0 spiro atoms. The van der Waals surface area contributed by atoms with Crippen molar-refractivity contribution in [2.24, 2.45) is 11.8 Å². The number of amides is 4. The number of aliphatic hydroxyl groups excluding tert-OH is 1. The summed E-state index contributed by atoms with van der Waals surface area (Å²) in [5, 5.41) is 24.1. The summed E-state index contributed by atoms with van der Waals surface area (Å²) < 4.78 is 33.9. The fraction of sp³-hybridized carbons (Fsp3) is 0.515. The van der Waals surface area contributed by atoms with Crippen molar-refractivity contribution in [2.75, 3.05) is 26.7 Å². The van der Waals surface area contributed by atoms with Crippen LogP contribution < -0.4 is 10.1 Å². The Bertz CT molecular complexity index is 1500. The van der Waals surface area contributed by atoms with Crippen LogP contribution in [0.2, 0.25) is 0 Å². The quantitative estimate of drug-likeness (QED) is 0.213. The molecule has 4 atom stereocenters.